The number of carbonyl (C=O) groups excluding carboxylic acids is 1. The molecule has 94 valence electrons. The normalized spacial score (nSPS) is 10.3. The molecule has 0 atom stereocenters. The first-order valence-corrected chi connectivity index (χ1v) is 5.75. The Morgan fingerprint density at radius 1 is 1.44 bits per heavy atom. The molecule has 6 heteroatoms. The van der Waals surface area contributed by atoms with Gasteiger partial charge in [-0.05, 0) is 18.2 Å². The number of halogens is 1. The van der Waals surface area contributed by atoms with E-state index in [4.69, 9.17) is 22.1 Å². The van der Waals surface area contributed by atoms with Gasteiger partial charge in [0.1, 0.15) is 6.61 Å². The lowest BCUT2D eigenvalue weighted by Crippen LogP contribution is -2.12. The van der Waals surface area contributed by atoms with Gasteiger partial charge in [0.15, 0.2) is 0 Å². The molecule has 2 rings (SSSR count). The van der Waals surface area contributed by atoms with Crippen LogP contribution in [0.3, 0.4) is 0 Å². The number of carbonyl (C=O) groups is 1. The largest absolute Gasteiger partial charge is 0.460 e. The van der Waals surface area contributed by atoms with Gasteiger partial charge in [0.25, 0.3) is 0 Å². The van der Waals surface area contributed by atoms with E-state index in [0.29, 0.717) is 12.2 Å². The number of anilines is 1. The third-order valence-corrected chi connectivity index (χ3v) is 2.78. The van der Waals surface area contributed by atoms with Crippen molar-refractivity contribution in [2.75, 3.05) is 12.3 Å². The number of nitrogens with two attached hydrogens (primary N) is 1. The Hall–Kier alpha value is -2.01. The lowest BCUT2D eigenvalue weighted by Gasteiger charge is -2.07. The summed E-state index contributed by atoms with van der Waals surface area (Å²) in [5.74, 6) is -0.487. The molecule has 0 radical (unpaired) electrons. The fourth-order valence-corrected chi connectivity index (χ4v) is 1.65. The van der Waals surface area contributed by atoms with Crippen molar-refractivity contribution in [3.8, 4) is 0 Å². The number of nitrogen functional groups attached to an aromatic ring is 1. The molecule has 1 aromatic heterocycles. The monoisotopic (exact) mass is 265 g/mol. The number of benzene rings is 1. The zero-order chi connectivity index (χ0) is 13.0. The van der Waals surface area contributed by atoms with E-state index >= 15 is 0 Å². The molecule has 0 aliphatic carbocycles. The van der Waals surface area contributed by atoms with Gasteiger partial charge in [-0.15, -0.1) is 0 Å². The van der Waals surface area contributed by atoms with E-state index in [1.807, 2.05) is 0 Å². The van der Waals surface area contributed by atoms with Crippen molar-refractivity contribution in [1.82, 2.24) is 9.78 Å². The molecule has 0 aliphatic heterocycles. The quantitative estimate of drug-likeness (QED) is 0.678. The highest BCUT2D eigenvalue weighted by Gasteiger charge is 2.13. The first-order valence-electron chi connectivity index (χ1n) is 5.37. The van der Waals surface area contributed by atoms with Crippen LogP contribution in [0.5, 0.6) is 0 Å². The van der Waals surface area contributed by atoms with Crippen LogP contribution in [0.4, 0.5) is 5.69 Å². The van der Waals surface area contributed by atoms with Gasteiger partial charge in [-0.2, -0.15) is 5.10 Å². The Bertz CT molecular complexity index is 540. The maximum atomic E-state index is 11.8. The third-order valence-electron chi connectivity index (χ3n) is 2.36. The molecule has 0 spiro atoms. The molecule has 5 nitrogen and oxygen atoms in total. The number of hydrogen-bond donors (Lipinski definition) is 1. The summed E-state index contributed by atoms with van der Waals surface area (Å²) in [4.78, 5) is 11.8. The predicted molar refractivity (Wildman–Crippen MR) is 68.4 cm³/mol. The van der Waals surface area contributed by atoms with Crippen molar-refractivity contribution in [3.05, 3.63) is 47.2 Å². The fraction of sp³-hybridized carbons (Fsp3) is 0.167. The molecule has 0 saturated heterocycles. The Kier molecular flexibility index (Phi) is 3.84. The van der Waals surface area contributed by atoms with Crippen molar-refractivity contribution in [3.63, 3.8) is 0 Å². The minimum atomic E-state index is -0.487. The van der Waals surface area contributed by atoms with E-state index in [1.54, 1.807) is 41.3 Å². The third kappa shape index (κ3) is 2.81. The van der Waals surface area contributed by atoms with Crippen LogP contribution in [0.15, 0.2) is 36.7 Å². The summed E-state index contributed by atoms with van der Waals surface area (Å²) in [5, 5.41) is 4.22. The SMILES string of the molecule is Nc1cccc(C(=O)OCCn2cccn2)c1Cl. The molecular formula is C12H12ClN3O2. The number of rotatable bonds is 4. The van der Waals surface area contributed by atoms with Crippen molar-refractivity contribution >= 4 is 23.3 Å². The molecule has 0 fully saturated rings. The number of aromatic nitrogens is 2. The Morgan fingerprint density at radius 3 is 3.00 bits per heavy atom. The van der Waals surface area contributed by atoms with Gasteiger partial charge in [-0.1, -0.05) is 17.7 Å². The zero-order valence-electron chi connectivity index (χ0n) is 9.54. The van der Waals surface area contributed by atoms with Crippen molar-refractivity contribution in [2.45, 2.75) is 6.54 Å². The Balaban J connectivity index is 1.93. The van der Waals surface area contributed by atoms with Crippen LogP contribution in [0.2, 0.25) is 5.02 Å². The topological polar surface area (TPSA) is 70.1 Å². The summed E-state index contributed by atoms with van der Waals surface area (Å²) in [6.07, 6.45) is 3.46. The minimum absolute atomic E-state index is 0.224. The van der Waals surface area contributed by atoms with Crippen molar-refractivity contribution in [2.24, 2.45) is 0 Å². The van der Waals surface area contributed by atoms with Crippen molar-refractivity contribution < 1.29 is 9.53 Å². The van der Waals surface area contributed by atoms with E-state index in [-0.39, 0.29) is 17.2 Å². The van der Waals surface area contributed by atoms with Crippen LogP contribution in [-0.2, 0) is 11.3 Å². The van der Waals surface area contributed by atoms with E-state index in [1.165, 1.54) is 0 Å². The standard InChI is InChI=1S/C12H12ClN3O2/c13-11-9(3-1-4-10(11)14)12(17)18-8-7-16-6-2-5-15-16/h1-6H,7-8,14H2. The summed E-state index contributed by atoms with van der Waals surface area (Å²) in [7, 11) is 0. The smallest absolute Gasteiger partial charge is 0.339 e. The molecule has 18 heavy (non-hydrogen) atoms. The summed E-state index contributed by atoms with van der Waals surface area (Å²) in [6.45, 7) is 0.727. The first-order chi connectivity index (χ1) is 8.68. The molecule has 0 unspecified atom stereocenters. The van der Waals surface area contributed by atoms with Crippen molar-refractivity contribution in [1.29, 1.82) is 0 Å². The second-order valence-corrected chi connectivity index (χ2v) is 3.99. The molecule has 1 heterocycles. The number of esters is 1. The highest BCUT2D eigenvalue weighted by atomic mass is 35.5. The number of nitrogens with zero attached hydrogens (tertiary/aromatic N) is 2. The highest BCUT2D eigenvalue weighted by molar-refractivity contribution is 6.36. The summed E-state index contributed by atoms with van der Waals surface area (Å²) < 4.78 is 6.77. The molecule has 0 bridgehead atoms. The van der Waals surface area contributed by atoms with E-state index in [0.717, 1.165) is 0 Å². The fourth-order valence-electron chi connectivity index (χ4n) is 1.45. The average molecular weight is 266 g/mol. The van der Waals surface area contributed by atoms with Gasteiger partial charge >= 0.3 is 5.97 Å². The highest BCUT2D eigenvalue weighted by Crippen LogP contribution is 2.23. The second-order valence-electron chi connectivity index (χ2n) is 3.61. The lowest BCUT2D eigenvalue weighted by molar-refractivity contribution is 0.0488. The minimum Gasteiger partial charge on any atom is -0.460 e. The second kappa shape index (κ2) is 5.55. The van der Waals surface area contributed by atoms with Crippen LogP contribution in [0, 0.1) is 0 Å². The van der Waals surface area contributed by atoms with Gasteiger partial charge < -0.3 is 10.5 Å². The van der Waals surface area contributed by atoms with Crippen LogP contribution in [-0.4, -0.2) is 22.4 Å². The maximum absolute atomic E-state index is 11.8. The molecule has 2 aromatic rings. The van der Waals surface area contributed by atoms with Crippen LogP contribution in [0.25, 0.3) is 0 Å². The van der Waals surface area contributed by atoms with E-state index < -0.39 is 5.97 Å². The molecular weight excluding hydrogens is 254 g/mol. The van der Waals surface area contributed by atoms with Gasteiger partial charge in [0, 0.05) is 12.4 Å². The summed E-state index contributed by atoms with van der Waals surface area (Å²) in [6, 6.07) is 6.67. The first kappa shape index (κ1) is 12.4. The van der Waals surface area contributed by atoms with Gasteiger partial charge in [0.05, 0.1) is 22.8 Å². The summed E-state index contributed by atoms with van der Waals surface area (Å²) >= 11 is 5.92. The lowest BCUT2D eigenvalue weighted by atomic mass is 10.2. The molecule has 0 saturated carbocycles. The van der Waals surface area contributed by atoms with Crippen LogP contribution < -0.4 is 5.73 Å². The molecule has 2 N–H and O–H groups in total. The summed E-state index contributed by atoms with van der Waals surface area (Å²) in [5.41, 5.74) is 6.24. The van der Waals surface area contributed by atoms with Gasteiger partial charge in [-0.25, -0.2) is 4.79 Å². The maximum Gasteiger partial charge on any atom is 0.339 e. The molecule has 0 amide bonds. The number of hydrogen-bond acceptors (Lipinski definition) is 4. The Morgan fingerprint density at radius 2 is 2.28 bits per heavy atom. The van der Waals surface area contributed by atoms with Gasteiger partial charge in [0.2, 0.25) is 0 Å². The van der Waals surface area contributed by atoms with E-state index in [2.05, 4.69) is 5.10 Å². The molecule has 1 aromatic carbocycles. The van der Waals surface area contributed by atoms with E-state index in [9.17, 15) is 4.79 Å². The van der Waals surface area contributed by atoms with Crippen LogP contribution in [0.1, 0.15) is 10.4 Å². The average Bonchev–Trinajstić information content (AvgIpc) is 2.85. The molecule has 0 aliphatic rings. The predicted octanol–water partition coefficient (Wildman–Crippen LogP) is 1.98. The van der Waals surface area contributed by atoms with Gasteiger partial charge in [-0.3, -0.25) is 4.68 Å². The Labute approximate surface area is 109 Å². The number of ether oxygens (including phenoxy) is 1. The zero-order valence-corrected chi connectivity index (χ0v) is 10.3. The van der Waals surface area contributed by atoms with Crippen LogP contribution >= 0.6 is 11.6 Å².